The van der Waals surface area contributed by atoms with Crippen LogP contribution in [0, 0.1) is 6.92 Å². The Hall–Kier alpha value is -2.95. The van der Waals surface area contributed by atoms with Crippen molar-refractivity contribution >= 4 is 17.5 Å². The van der Waals surface area contributed by atoms with Crippen LogP contribution in [0.4, 0.5) is 0 Å². The van der Waals surface area contributed by atoms with E-state index >= 15 is 0 Å². The molecule has 0 atom stereocenters. The number of unbranched alkanes of at least 4 members (excludes halogenated alkanes) is 3. The van der Waals surface area contributed by atoms with E-state index in [1.54, 1.807) is 45.2 Å². The van der Waals surface area contributed by atoms with Crippen LogP contribution in [-0.4, -0.2) is 31.8 Å². The number of ether oxygens (including phenoxy) is 2. The Balaban J connectivity index is -0.000000134. The van der Waals surface area contributed by atoms with Crippen LogP contribution in [0.1, 0.15) is 124 Å². The van der Waals surface area contributed by atoms with Gasteiger partial charge in [-0.3, -0.25) is 0 Å². The Kier molecular flexibility index (Phi) is 46.6. The number of hydrogen-bond acceptors (Lipinski definition) is 5. The quantitative estimate of drug-likeness (QED) is 0.230. The molecule has 0 N–H and O–H groups in total. The molecule has 0 bridgehead atoms. The van der Waals surface area contributed by atoms with E-state index in [0.717, 1.165) is 31.4 Å². The molecule has 0 spiro atoms. The van der Waals surface area contributed by atoms with Gasteiger partial charge in [-0.25, -0.2) is 4.79 Å². The first-order valence-electron chi connectivity index (χ1n) is 14.5. The molecule has 2 rings (SSSR count). The van der Waals surface area contributed by atoms with E-state index in [1.807, 2.05) is 73.6 Å². The molecule has 5 heteroatoms. The Morgan fingerprint density at radius 3 is 1.23 bits per heavy atom. The van der Waals surface area contributed by atoms with Crippen molar-refractivity contribution in [2.45, 2.75) is 115 Å². The van der Waals surface area contributed by atoms with Crippen LogP contribution in [-0.2, 0) is 14.3 Å². The molecule has 0 fully saturated rings. The summed E-state index contributed by atoms with van der Waals surface area (Å²) in [4.78, 5) is 32.0. The van der Waals surface area contributed by atoms with Gasteiger partial charge in [-0.2, -0.15) is 0 Å². The number of carbonyl (C=O) groups excluding carboxylic acids is 3. The SMILES string of the molecule is CC.CC.CC.CC.CC(=O)CCCCCCC(C)=O.COC(=O)c1ccc(OC)cc1.Cc1ccccc1. The van der Waals surface area contributed by atoms with Crippen molar-refractivity contribution in [2.24, 2.45) is 0 Å². The Labute approximate surface area is 241 Å². The second-order valence-electron chi connectivity index (χ2n) is 7.19. The van der Waals surface area contributed by atoms with Gasteiger partial charge in [0.25, 0.3) is 0 Å². The summed E-state index contributed by atoms with van der Waals surface area (Å²) in [6.45, 7) is 21.3. The minimum Gasteiger partial charge on any atom is -0.497 e. The molecule has 39 heavy (non-hydrogen) atoms. The molecule has 0 aromatic heterocycles. The average molecular weight is 549 g/mol. The van der Waals surface area contributed by atoms with Crippen LogP contribution in [0.15, 0.2) is 54.6 Å². The van der Waals surface area contributed by atoms with Crippen molar-refractivity contribution in [3.8, 4) is 5.75 Å². The average Bonchev–Trinajstić information content (AvgIpc) is 2.99. The highest BCUT2D eigenvalue weighted by Gasteiger charge is 2.03. The molecule has 2 aromatic carbocycles. The molecule has 0 unspecified atom stereocenters. The zero-order valence-electron chi connectivity index (χ0n) is 27.5. The molecule has 226 valence electrons. The lowest BCUT2D eigenvalue weighted by molar-refractivity contribution is -0.118. The summed E-state index contributed by atoms with van der Waals surface area (Å²) in [5.74, 6) is 0.920. The zero-order valence-corrected chi connectivity index (χ0v) is 27.5. The maximum absolute atomic E-state index is 11.0. The first-order valence-corrected chi connectivity index (χ1v) is 14.5. The highest BCUT2D eigenvalue weighted by molar-refractivity contribution is 5.89. The van der Waals surface area contributed by atoms with E-state index in [2.05, 4.69) is 23.8 Å². The van der Waals surface area contributed by atoms with Gasteiger partial charge < -0.3 is 19.1 Å². The third-order valence-corrected chi connectivity index (χ3v) is 4.26. The molecule has 0 heterocycles. The second-order valence-corrected chi connectivity index (χ2v) is 7.19. The number of hydrogen-bond donors (Lipinski definition) is 0. The number of ketones is 2. The van der Waals surface area contributed by atoms with Crippen LogP contribution in [0.25, 0.3) is 0 Å². The number of benzene rings is 2. The molecule has 0 saturated carbocycles. The van der Waals surface area contributed by atoms with Crippen molar-refractivity contribution in [2.75, 3.05) is 14.2 Å². The first kappa shape index (κ1) is 45.9. The van der Waals surface area contributed by atoms with Gasteiger partial charge in [0.15, 0.2) is 0 Å². The molecule has 0 aliphatic heterocycles. The van der Waals surface area contributed by atoms with E-state index in [1.165, 1.54) is 12.7 Å². The zero-order chi connectivity index (χ0) is 31.5. The number of esters is 1. The molecule has 2 aromatic rings. The standard InChI is InChI=1S/C10H18O2.C9H10O3.C7H8.4C2H6/c1-9(11)7-5-3-4-6-8-10(2)12;1-11-8-5-3-7(4-6-8)9(10)12-2;1-7-5-3-2-4-6-7;4*1-2/h3-8H2,1-2H3;3-6H,1-2H3;2-6H,1H3;4*1-2H3. The largest absolute Gasteiger partial charge is 0.497 e. The summed E-state index contributed by atoms with van der Waals surface area (Å²) in [5.41, 5.74) is 1.85. The smallest absolute Gasteiger partial charge is 0.337 e. The minimum absolute atomic E-state index is 0.265. The third-order valence-electron chi connectivity index (χ3n) is 4.26. The van der Waals surface area contributed by atoms with Crippen molar-refractivity contribution in [1.29, 1.82) is 0 Å². The Bertz CT molecular complexity index is 735. The van der Waals surface area contributed by atoms with E-state index < -0.39 is 0 Å². The van der Waals surface area contributed by atoms with Crippen LogP contribution in [0.5, 0.6) is 5.75 Å². The summed E-state index contributed by atoms with van der Waals surface area (Å²) in [7, 11) is 2.93. The highest BCUT2D eigenvalue weighted by Crippen LogP contribution is 2.11. The molecule has 0 saturated heterocycles. The van der Waals surface area contributed by atoms with Crippen molar-refractivity contribution in [3.05, 3.63) is 65.7 Å². The molecular formula is C34H60O5. The van der Waals surface area contributed by atoms with Crippen molar-refractivity contribution in [1.82, 2.24) is 0 Å². The van der Waals surface area contributed by atoms with Crippen LogP contribution in [0.3, 0.4) is 0 Å². The minimum atomic E-state index is -0.336. The van der Waals surface area contributed by atoms with Gasteiger partial charge in [-0.1, -0.05) is 104 Å². The Morgan fingerprint density at radius 1 is 0.590 bits per heavy atom. The van der Waals surface area contributed by atoms with Gasteiger partial charge in [0.1, 0.15) is 17.3 Å². The summed E-state index contributed by atoms with van der Waals surface area (Å²) in [6, 6.07) is 17.0. The van der Waals surface area contributed by atoms with Gasteiger partial charge in [0, 0.05) is 12.8 Å². The lowest BCUT2D eigenvalue weighted by Crippen LogP contribution is -2.00. The van der Waals surface area contributed by atoms with Crippen molar-refractivity contribution in [3.63, 3.8) is 0 Å². The predicted octanol–water partition coefficient (Wildman–Crippen LogP) is 10.1. The molecule has 0 aliphatic carbocycles. The second kappa shape index (κ2) is 39.6. The van der Waals surface area contributed by atoms with E-state index in [9.17, 15) is 14.4 Å². The monoisotopic (exact) mass is 548 g/mol. The maximum atomic E-state index is 11.0. The summed E-state index contributed by atoms with van der Waals surface area (Å²) < 4.78 is 9.46. The molecule has 0 radical (unpaired) electrons. The topological polar surface area (TPSA) is 69.7 Å². The Morgan fingerprint density at radius 2 is 0.974 bits per heavy atom. The fourth-order valence-electron chi connectivity index (χ4n) is 2.48. The lowest BCUT2D eigenvalue weighted by atomic mass is 10.1. The van der Waals surface area contributed by atoms with Gasteiger partial charge in [0.05, 0.1) is 19.8 Å². The maximum Gasteiger partial charge on any atom is 0.337 e. The number of rotatable bonds is 9. The summed E-state index contributed by atoms with van der Waals surface area (Å²) in [6.07, 6.45) is 5.50. The van der Waals surface area contributed by atoms with Crippen LogP contribution < -0.4 is 4.74 Å². The normalized spacial score (nSPS) is 8.03. The van der Waals surface area contributed by atoms with Gasteiger partial charge in [0.2, 0.25) is 0 Å². The van der Waals surface area contributed by atoms with E-state index in [-0.39, 0.29) is 17.5 Å². The van der Waals surface area contributed by atoms with Crippen LogP contribution in [0.2, 0.25) is 0 Å². The van der Waals surface area contributed by atoms with E-state index in [4.69, 9.17) is 4.74 Å². The number of Topliss-reactive ketones (excluding diaryl/α,β-unsaturated/α-hetero) is 2. The number of methoxy groups -OCH3 is 2. The number of aryl methyl sites for hydroxylation is 1. The first-order chi connectivity index (χ1) is 18.8. The molecular weight excluding hydrogens is 488 g/mol. The summed E-state index contributed by atoms with van der Waals surface area (Å²) in [5, 5.41) is 0. The molecule has 0 aliphatic rings. The highest BCUT2D eigenvalue weighted by atomic mass is 16.5. The van der Waals surface area contributed by atoms with E-state index in [0.29, 0.717) is 18.4 Å². The molecule has 0 amide bonds. The van der Waals surface area contributed by atoms with Crippen LogP contribution >= 0.6 is 0 Å². The van der Waals surface area contributed by atoms with Gasteiger partial charge in [-0.05, 0) is 57.9 Å². The fraction of sp³-hybridized carbons (Fsp3) is 0.559. The summed E-state index contributed by atoms with van der Waals surface area (Å²) >= 11 is 0. The number of carbonyl (C=O) groups is 3. The van der Waals surface area contributed by atoms with Gasteiger partial charge >= 0.3 is 5.97 Å². The molecule has 5 nitrogen and oxygen atoms in total. The lowest BCUT2D eigenvalue weighted by Gasteiger charge is -2.00. The van der Waals surface area contributed by atoms with Crippen molar-refractivity contribution < 1.29 is 23.9 Å². The van der Waals surface area contributed by atoms with Gasteiger partial charge in [-0.15, -0.1) is 0 Å². The fourth-order valence-corrected chi connectivity index (χ4v) is 2.48. The predicted molar refractivity (Wildman–Crippen MR) is 170 cm³/mol. The third kappa shape index (κ3) is 37.3.